The van der Waals surface area contributed by atoms with Crippen molar-refractivity contribution < 1.29 is 4.52 Å². The Morgan fingerprint density at radius 3 is 2.64 bits per heavy atom. The lowest BCUT2D eigenvalue weighted by Gasteiger charge is -1.91. The first-order chi connectivity index (χ1) is 5.33. The molecule has 1 heterocycles. The molecule has 0 saturated carbocycles. The zero-order chi connectivity index (χ0) is 8.27. The van der Waals surface area contributed by atoms with Crippen LogP contribution in [-0.2, 0) is 0 Å². The summed E-state index contributed by atoms with van der Waals surface area (Å²) in [5.41, 5.74) is 0.850. The topological polar surface area (TPSA) is 38.1 Å². The molecule has 1 aromatic rings. The smallest absolute Gasteiger partial charge is 0.177 e. The predicted molar refractivity (Wildman–Crippen MR) is 46.2 cm³/mol. The van der Waals surface area contributed by atoms with Gasteiger partial charge in [-0.05, 0) is 6.08 Å². The van der Waals surface area contributed by atoms with E-state index in [9.17, 15) is 0 Å². The minimum atomic E-state index is 0.643. The predicted octanol–water partition coefficient (Wildman–Crippen LogP) is 2.00. The van der Waals surface area contributed by atoms with Gasteiger partial charge in [-0.1, -0.05) is 24.4 Å². The third kappa shape index (κ3) is 1.17. The van der Waals surface area contributed by atoms with E-state index in [4.69, 9.17) is 4.52 Å². The van der Waals surface area contributed by atoms with Gasteiger partial charge in [0.25, 0.3) is 0 Å². The Balaban J connectivity index is 3.18. The third-order valence-corrected chi connectivity index (χ3v) is 1.38. The van der Waals surface area contributed by atoms with Crippen LogP contribution in [0.5, 0.6) is 0 Å². The van der Waals surface area contributed by atoms with Gasteiger partial charge < -0.3 is 9.84 Å². The zero-order valence-electron chi connectivity index (χ0n) is 6.42. The van der Waals surface area contributed by atoms with Gasteiger partial charge >= 0.3 is 0 Å². The van der Waals surface area contributed by atoms with E-state index in [1.807, 2.05) is 0 Å². The lowest BCUT2D eigenvalue weighted by atomic mass is 10.2. The Hall–Kier alpha value is -1.51. The van der Waals surface area contributed by atoms with Crippen LogP contribution < -0.4 is 5.32 Å². The molecule has 0 amide bonds. The van der Waals surface area contributed by atoms with E-state index in [1.165, 1.54) is 0 Å². The molecule has 58 valence electrons. The van der Waals surface area contributed by atoms with E-state index in [0.717, 1.165) is 5.56 Å². The van der Waals surface area contributed by atoms with Gasteiger partial charge in [0.15, 0.2) is 11.6 Å². The third-order valence-electron chi connectivity index (χ3n) is 1.38. The first-order valence-corrected chi connectivity index (χ1v) is 3.25. The van der Waals surface area contributed by atoms with E-state index < -0.39 is 0 Å². The summed E-state index contributed by atoms with van der Waals surface area (Å²) < 4.78 is 4.92. The Morgan fingerprint density at radius 2 is 2.18 bits per heavy atom. The van der Waals surface area contributed by atoms with Crippen molar-refractivity contribution in [3.8, 4) is 0 Å². The van der Waals surface area contributed by atoms with E-state index >= 15 is 0 Å². The average Bonchev–Trinajstić information content (AvgIpc) is 2.45. The molecule has 11 heavy (non-hydrogen) atoms. The van der Waals surface area contributed by atoms with Crippen molar-refractivity contribution in [3.05, 3.63) is 24.5 Å². The van der Waals surface area contributed by atoms with Crippen molar-refractivity contribution in [2.75, 3.05) is 12.4 Å². The van der Waals surface area contributed by atoms with E-state index in [-0.39, 0.29) is 0 Å². The van der Waals surface area contributed by atoms with Gasteiger partial charge in [-0.25, -0.2) is 0 Å². The summed E-state index contributed by atoms with van der Waals surface area (Å²) in [5.74, 6) is 1.33. The second-order valence-electron chi connectivity index (χ2n) is 1.97. The number of hydrogen-bond donors (Lipinski definition) is 1. The molecule has 0 bridgehead atoms. The maximum atomic E-state index is 4.92. The fraction of sp³-hybridized carbons (Fsp3) is 0.125. The van der Waals surface area contributed by atoms with Gasteiger partial charge in [0.1, 0.15) is 0 Å². The van der Waals surface area contributed by atoms with Crippen molar-refractivity contribution in [2.45, 2.75) is 0 Å². The standard InChI is InChI=1S/C8H10N2O/c1-4-6-7(5-2)11-10-8(6)9-3/h4-5H,1-2H2,3H3,(H,9,10). The van der Waals surface area contributed by atoms with Crippen LogP contribution in [0.25, 0.3) is 12.2 Å². The maximum Gasteiger partial charge on any atom is 0.177 e. The number of hydrogen-bond acceptors (Lipinski definition) is 3. The van der Waals surface area contributed by atoms with Gasteiger partial charge in [-0.15, -0.1) is 0 Å². The fourth-order valence-corrected chi connectivity index (χ4v) is 0.835. The molecule has 3 heteroatoms. The highest BCUT2D eigenvalue weighted by atomic mass is 16.5. The largest absolute Gasteiger partial charge is 0.370 e. The van der Waals surface area contributed by atoms with Crippen LogP contribution in [0.15, 0.2) is 17.7 Å². The Bertz CT molecular complexity index is 276. The molecule has 0 saturated heterocycles. The summed E-state index contributed by atoms with van der Waals surface area (Å²) in [6, 6.07) is 0. The molecule has 0 aromatic carbocycles. The summed E-state index contributed by atoms with van der Waals surface area (Å²) in [4.78, 5) is 0. The normalized spacial score (nSPS) is 9.18. The molecular weight excluding hydrogens is 140 g/mol. The van der Waals surface area contributed by atoms with Crippen molar-refractivity contribution in [2.24, 2.45) is 0 Å². The Morgan fingerprint density at radius 1 is 1.45 bits per heavy atom. The van der Waals surface area contributed by atoms with Crippen LogP contribution in [0.3, 0.4) is 0 Å². The number of anilines is 1. The zero-order valence-corrected chi connectivity index (χ0v) is 6.42. The summed E-state index contributed by atoms with van der Waals surface area (Å²) >= 11 is 0. The van der Waals surface area contributed by atoms with E-state index in [1.54, 1.807) is 19.2 Å². The molecule has 0 fully saturated rings. The molecule has 0 aliphatic rings. The van der Waals surface area contributed by atoms with Gasteiger partial charge in [0.05, 0.1) is 5.56 Å². The van der Waals surface area contributed by atoms with Gasteiger partial charge in [-0.2, -0.15) is 0 Å². The number of nitrogens with one attached hydrogen (secondary N) is 1. The second kappa shape index (κ2) is 3.05. The molecule has 3 nitrogen and oxygen atoms in total. The molecule has 0 spiro atoms. The SMILES string of the molecule is C=Cc1onc(NC)c1C=C. The van der Waals surface area contributed by atoms with Crippen molar-refractivity contribution in [1.82, 2.24) is 5.16 Å². The molecule has 0 radical (unpaired) electrons. The molecule has 0 aliphatic heterocycles. The number of aromatic nitrogens is 1. The van der Waals surface area contributed by atoms with Crippen LogP contribution in [0.1, 0.15) is 11.3 Å². The van der Waals surface area contributed by atoms with Crippen LogP contribution in [0.2, 0.25) is 0 Å². The highest BCUT2D eigenvalue weighted by Gasteiger charge is 2.07. The minimum absolute atomic E-state index is 0.643. The average molecular weight is 150 g/mol. The summed E-state index contributed by atoms with van der Waals surface area (Å²) in [6.45, 7) is 7.21. The van der Waals surface area contributed by atoms with Crippen molar-refractivity contribution in [3.63, 3.8) is 0 Å². The van der Waals surface area contributed by atoms with Gasteiger partial charge in [-0.3, -0.25) is 0 Å². The molecule has 0 atom stereocenters. The Kier molecular flexibility index (Phi) is 2.11. The highest BCUT2D eigenvalue weighted by molar-refractivity contribution is 5.69. The minimum Gasteiger partial charge on any atom is -0.370 e. The van der Waals surface area contributed by atoms with Crippen molar-refractivity contribution in [1.29, 1.82) is 0 Å². The van der Waals surface area contributed by atoms with Gasteiger partial charge in [0, 0.05) is 7.05 Å². The summed E-state index contributed by atoms with van der Waals surface area (Å²) in [5, 5.41) is 6.62. The fourth-order valence-electron chi connectivity index (χ4n) is 0.835. The van der Waals surface area contributed by atoms with Crippen LogP contribution in [0, 0.1) is 0 Å². The van der Waals surface area contributed by atoms with Crippen LogP contribution in [0.4, 0.5) is 5.82 Å². The highest BCUT2D eigenvalue weighted by Crippen LogP contribution is 2.20. The first kappa shape index (κ1) is 7.60. The first-order valence-electron chi connectivity index (χ1n) is 3.25. The molecule has 1 N–H and O–H groups in total. The van der Waals surface area contributed by atoms with Crippen molar-refractivity contribution >= 4 is 18.0 Å². The lowest BCUT2D eigenvalue weighted by Crippen LogP contribution is -1.89. The quantitative estimate of drug-likeness (QED) is 0.716. The summed E-state index contributed by atoms with van der Waals surface area (Å²) in [6.07, 6.45) is 3.28. The molecule has 1 aromatic heterocycles. The Labute approximate surface area is 65.4 Å². The molecule has 0 unspecified atom stereocenters. The molecule has 1 rings (SSSR count). The van der Waals surface area contributed by atoms with E-state index in [2.05, 4.69) is 23.6 Å². The summed E-state index contributed by atoms with van der Waals surface area (Å²) in [7, 11) is 1.78. The lowest BCUT2D eigenvalue weighted by molar-refractivity contribution is 0.415. The maximum absolute atomic E-state index is 4.92. The van der Waals surface area contributed by atoms with Gasteiger partial charge in [0.2, 0.25) is 0 Å². The van der Waals surface area contributed by atoms with Crippen LogP contribution >= 0.6 is 0 Å². The second-order valence-corrected chi connectivity index (χ2v) is 1.97. The monoisotopic (exact) mass is 150 g/mol. The van der Waals surface area contributed by atoms with E-state index in [0.29, 0.717) is 11.6 Å². The van der Waals surface area contributed by atoms with Crippen LogP contribution in [-0.4, -0.2) is 12.2 Å². The molecule has 0 aliphatic carbocycles. The number of rotatable bonds is 3. The number of nitrogens with zero attached hydrogens (tertiary/aromatic N) is 1. The molecular formula is C8H10N2O.